The van der Waals surface area contributed by atoms with Crippen LogP contribution in [0, 0.1) is 0 Å². The van der Waals surface area contributed by atoms with Gasteiger partial charge in [0.1, 0.15) is 16.9 Å². The highest BCUT2D eigenvalue weighted by atomic mass is 35.5. The van der Waals surface area contributed by atoms with Crippen molar-refractivity contribution in [2.24, 2.45) is 4.99 Å². The summed E-state index contributed by atoms with van der Waals surface area (Å²) in [7, 11) is -0.453. The van der Waals surface area contributed by atoms with Crippen LogP contribution in [0.4, 0.5) is 11.4 Å². The Morgan fingerprint density at radius 3 is 2.60 bits per heavy atom. The molecule has 0 radical (unpaired) electrons. The average molecular weight is 583 g/mol. The van der Waals surface area contributed by atoms with Crippen molar-refractivity contribution in [3.05, 3.63) is 82.4 Å². The lowest BCUT2D eigenvalue weighted by molar-refractivity contribution is -0.0328. The molecule has 2 aliphatic rings. The molecule has 0 aromatic heterocycles. The molecule has 1 unspecified atom stereocenters. The average Bonchev–Trinajstić information content (AvgIpc) is 3.19. The predicted molar refractivity (Wildman–Crippen MR) is 159 cm³/mol. The van der Waals surface area contributed by atoms with Crippen molar-refractivity contribution < 1.29 is 17.9 Å². The minimum Gasteiger partial charge on any atom is -0.495 e. The van der Waals surface area contributed by atoms with Crippen molar-refractivity contribution >= 4 is 39.2 Å². The summed E-state index contributed by atoms with van der Waals surface area (Å²) in [6, 6.07) is 18.7. The maximum Gasteiger partial charge on any atom is 0.264 e. The number of nitrogens with one attached hydrogen (secondary N) is 1. The number of ether oxygens (including phenoxy) is 2. The third kappa shape index (κ3) is 6.50. The van der Waals surface area contributed by atoms with Gasteiger partial charge in [-0.3, -0.25) is 19.5 Å². The maximum absolute atomic E-state index is 13.2. The second-order valence-electron chi connectivity index (χ2n) is 10.1. The number of nitrogens with zero attached hydrogens (tertiary/aromatic N) is 3. The molecule has 0 saturated carbocycles. The quantitative estimate of drug-likeness (QED) is 0.351. The summed E-state index contributed by atoms with van der Waals surface area (Å²) in [5.74, 6) is 0.683. The number of para-hydroxylation sites is 1. The van der Waals surface area contributed by atoms with E-state index in [-0.39, 0.29) is 11.1 Å². The van der Waals surface area contributed by atoms with Crippen LogP contribution in [0.1, 0.15) is 35.8 Å². The Hall–Kier alpha value is -2.95. The highest BCUT2D eigenvalue weighted by Crippen LogP contribution is 2.33. The number of fused-ring (bicyclic) bond motifs is 1. The molecule has 1 atom stereocenters. The van der Waals surface area contributed by atoms with Crippen molar-refractivity contribution in [1.29, 1.82) is 0 Å². The van der Waals surface area contributed by atoms with Crippen molar-refractivity contribution in [2.75, 3.05) is 45.1 Å². The number of benzene rings is 3. The highest BCUT2D eigenvalue weighted by Gasteiger charge is 2.25. The lowest BCUT2D eigenvalue weighted by Gasteiger charge is -2.30. The van der Waals surface area contributed by atoms with Crippen LogP contribution in [0.5, 0.6) is 5.75 Å². The van der Waals surface area contributed by atoms with Gasteiger partial charge in [-0.15, -0.1) is 0 Å². The molecule has 10 heteroatoms. The smallest absolute Gasteiger partial charge is 0.264 e. The maximum atomic E-state index is 13.2. The van der Waals surface area contributed by atoms with Crippen LogP contribution in [0.15, 0.2) is 70.6 Å². The van der Waals surface area contributed by atoms with Crippen LogP contribution in [-0.4, -0.2) is 64.8 Å². The highest BCUT2D eigenvalue weighted by molar-refractivity contribution is 7.92. The number of rotatable bonds is 9. The van der Waals surface area contributed by atoms with Crippen molar-refractivity contribution in [3.63, 3.8) is 0 Å². The molecule has 2 aliphatic heterocycles. The topological polar surface area (TPSA) is 83.5 Å². The van der Waals surface area contributed by atoms with Crippen LogP contribution in [0.25, 0.3) is 0 Å². The predicted octanol–water partition coefficient (Wildman–Crippen LogP) is 5.65. The van der Waals surface area contributed by atoms with Gasteiger partial charge in [-0.05, 0) is 72.8 Å². The molecule has 1 saturated heterocycles. The Labute approximate surface area is 241 Å². The first-order chi connectivity index (χ1) is 19.4. The van der Waals surface area contributed by atoms with Gasteiger partial charge in [0.15, 0.2) is 0 Å². The first-order valence-electron chi connectivity index (χ1n) is 13.5. The lowest BCUT2D eigenvalue weighted by Crippen LogP contribution is -2.34. The third-order valence-corrected chi connectivity index (χ3v) is 9.09. The Balaban J connectivity index is 1.23. The molecule has 0 amide bonds. The van der Waals surface area contributed by atoms with Gasteiger partial charge in [0, 0.05) is 45.2 Å². The minimum atomic E-state index is -3.78. The molecular weight excluding hydrogens is 548 g/mol. The monoisotopic (exact) mass is 582 g/mol. The van der Waals surface area contributed by atoms with Gasteiger partial charge in [-0.2, -0.15) is 0 Å². The number of hydrogen-bond donors (Lipinski definition) is 1. The SMILES string of the molecule is COc1ccc(CN2CCCN(C(OC)c3ccc(NS(=O)(=O)c4cccc5c4N=CCC5)cc3)CC2)cc1Cl. The fourth-order valence-corrected chi connectivity index (χ4v) is 6.91. The summed E-state index contributed by atoms with van der Waals surface area (Å²) in [6.07, 6.45) is 4.16. The summed E-state index contributed by atoms with van der Waals surface area (Å²) in [5, 5.41) is 0.623. The Morgan fingerprint density at radius 1 is 1.02 bits per heavy atom. The van der Waals surface area contributed by atoms with Crippen LogP contribution < -0.4 is 9.46 Å². The summed E-state index contributed by atoms with van der Waals surface area (Å²) in [6.45, 7) is 4.43. The van der Waals surface area contributed by atoms with Gasteiger partial charge >= 0.3 is 0 Å². The molecule has 212 valence electrons. The molecule has 1 N–H and O–H groups in total. The van der Waals surface area contributed by atoms with E-state index in [0.29, 0.717) is 22.1 Å². The minimum absolute atomic E-state index is 0.200. The van der Waals surface area contributed by atoms with E-state index < -0.39 is 10.0 Å². The Bertz CT molecular complexity index is 1460. The van der Waals surface area contributed by atoms with E-state index in [2.05, 4.69) is 25.6 Å². The summed E-state index contributed by atoms with van der Waals surface area (Å²) in [5.41, 5.74) is 4.11. The first kappa shape index (κ1) is 28.6. The third-order valence-electron chi connectivity index (χ3n) is 7.38. The molecule has 3 aromatic rings. The zero-order valence-electron chi connectivity index (χ0n) is 22.8. The fraction of sp³-hybridized carbons (Fsp3) is 0.367. The molecule has 0 bridgehead atoms. The number of anilines is 1. The summed E-state index contributed by atoms with van der Waals surface area (Å²) in [4.78, 5) is 9.32. The molecule has 0 spiro atoms. The molecule has 5 rings (SSSR count). The second kappa shape index (κ2) is 12.7. The molecule has 40 heavy (non-hydrogen) atoms. The molecule has 1 fully saturated rings. The van der Waals surface area contributed by atoms with E-state index in [1.807, 2.05) is 30.3 Å². The second-order valence-corrected chi connectivity index (χ2v) is 12.1. The summed E-state index contributed by atoms with van der Waals surface area (Å²) >= 11 is 6.33. The zero-order valence-corrected chi connectivity index (χ0v) is 24.4. The van der Waals surface area contributed by atoms with Gasteiger partial charge in [0.25, 0.3) is 10.0 Å². The van der Waals surface area contributed by atoms with E-state index >= 15 is 0 Å². The normalized spacial score (nSPS) is 17.2. The van der Waals surface area contributed by atoms with Gasteiger partial charge < -0.3 is 9.47 Å². The van der Waals surface area contributed by atoms with E-state index in [1.165, 1.54) is 0 Å². The molecule has 2 heterocycles. The standard InChI is InChI=1S/C30H35ClN4O4S/c1-38-27-14-9-22(20-26(27)31)21-34-16-5-17-35(19-18-34)30(39-2)24-10-12-25(13-11-24)33-40(36,37)28-8-3-6-23-7-4-15-32-29(23)28/h3,6,8-15,20,30,33H,4-5,7,16-19,21H2,1-2H3. The van der Waals surface area contributed by atoms with Crippen LogP contribution in [0.2, 0.25) is 5.02 Å². The van der Waals surface area contributed by atoms with Crippen LogP contribution >= 0.6 is 11.6 Å². The van der Waals surface area contributed by atoms with Crippen molar-refractivity contribution in [1.82, 2.24) is 9.80 Å². The van der Waals surface area contributed by atoms with Gasteiger partial charge in [-0.25, -0.2) is 8.42 Å². The number of methoxy groups -OCH3 is 2. The molecular formula is C30H35ClN4O4S. The van der Waals surface area contributed by atoms with Crippen molar-refractivity contribution in [3.8, 4) is 5.75 Å². The van der Waals surface area contributed by atoms with Crippen molar-refractivity contribution in [2.45, 2.75) is 36.9 Å². The molecule has 3 aromatic carbocycles. The van der Waals surface area contributed by atoms with Gasteiger partial charge in [-0.1, -0.05) is 41.9 Å². The van der Waals surface area contributed by atoms with Crippen LogP contribution in [0.3, 0.4) is 0 Å². The number of aliphatic imine (C=N–C) groups is 1. The molecule has 0 aliphatic carbocycles. The lowest BCUT2D eigenvalue weighted by atomic mass is 10.1. The van der Waals surface area contributed by atoms with Crippen LogP contribution in [-0.2, 0) is 27.7 Å². The van der Waals surface area contributed by atoms with E-state index in [4.69, 9.17) is 21.1 Å². The fourth-order valence-electron chi connectivity index (χ4n) is 5.38. The molecule has 8 nitrogen and oxygen atoms in total. The van der Waals surface area contributed by atoms with Gasteiger partial charge in [0.05, 0.1) is 17.8 Å². The summed E-state index contributed by atoms with van der Waals surface area (Å²) < 4.78 is 40.3. The van der Waals surface area contributed by atoms with E-state index in [0.717, 1.165) is 68.7 Å². The van der Waals surface area contributed by atoms with E-state index in [9.17, 15) is 8.42 Å². The Morgan fingerprint density at radius 2 is 1.85 bits per heavy atom. The number of aryl methyl sites for hydroxylation is 1. The van der Waals surface area contributed by atoms with E-state index in [1.54, 1.807) is 44.7 Å². The number of sulfonamides is 1. The number of halogens is 1. The largest absolute Gasteiger partial charge is 0.495 e. The zero-order chi connectivity index (χ0) is 28.1. The van der Waals surface area contributed by atoms with Gasteiger partial charge in [0.2, 0.25) is 0 Å². The number of hydrogen-bond acceptors (Lipinski definition) is 7. The first-order valence-corrected chi connectivity index (χ1v) is 15.3. The Kier molecular flexibility index (Phi) is 9.07.